The summed E-state index contributed by atoms with van der Waals surface area (Å²) >= 11 is 1.52. The van der Waals surface area contributed by atoms with Crippen molar-refractivity contribution in [3.05, 3.63) is 57.5 Å². The molecule has 1 aliphatic rings. The summed E-state index contributed by atoms with van der Waals surface area (Å²) in [5, 5.41) is 3.52. The van der Waals surface area contributed by atoms with Crippen molar-refractivity contribution in [3.8, 4) is 0 Å². The Hall–Kier alpha value is -2.93. The van der Waals surface area contributed by atoms with Crippen molar-refractivity contribution in [2.75, 3.05) is 6.54 Å². The van der Waals surface area contributed by atoms with Crippen molar-refractivity contribution < 1.29 is 18.8 Å². The smallest absolute Gasteiger partial charge is 0.325 e. The molecular formula is C20H18N2O4S. The molecule has 0 saturated carbocycles. The van der Waals surface area contributed by atoms with Gasteiger partial charge in [-0.2, -0.15) is 0 Å². The number of hydrogen-bond donors (Lipinski definition) is 1. The van der Waals surface area contributed by atoms with Gasteiger partial charge in [-0.3, -0.25) is 14.5 Å². The number of aryl methyl sites for hydroxylation is 2. The maximum atomic E-state index is 13.0. The van der Waals surface area contributed by atoms with Crippen LogP contribution in [-0.2, 0) is 10.3 Å². The van der Waals surface area contributed by atoms with Gasteiger partial charge in [0.1, 0.15) is 11.3 Å². The predicted molar refractivity (Wildman–Crippen MR) is 102 cm³/mol. The van der Waals surface area contributed by atoms with Gasteiger partial charge < -0.3 is 9.73 Å². The summed E-state index contributed by atoms with van der Waals surface area (Å²) in [4.78, 5) is 40.9. The van der Waals surface area contributed by atoms with Crippen LogP contribution in [0.5, 0.6) is 0 Å². The third-order valence-corrected chi connectivity index (χ3v) is 5.80. The highest BCUT2D eigenvalue weighted by atomic mass is 32.1. The third kappa shape index (κ3) is 2.75. The van der Waals surface area contributed by atoms with E-state index >= 15 is 0 Å². The van der Waals surface area contributed by atoms with E-state index in [2.05, 4.69) is 5.32 Å². The van der Waals surface area contributed by atoms with Gasteiger partial charge in [0.15, 0.2) is 11.3 Å². The van der Waals surface area contributed by atoms with E-state index in [0.717, 1.165) is 20.0 Å². The predicted octanol–water partition coefficient (Wildman–Crippen LogP) is 3.76. The first-order chi connectivity index (χ1) is 12.8. The lowest BCUT2D eigenvalue weighted by Gasteiger charge is -2.18. The van der Waals surface area contributed by atoms with Crippen LogP contribution in [0.25, 0.3) is 11.0 Å². The van der Waals surface area contributed by atoms with Crippen molar-refractivity contribution in [1.82, 2.24) is 10.2 Å². The van der Waals surface area contributed by atoms with E-state index in [4.69, 9.17) is 4.42 Å². The molecule has 138 valence electrons. The Labute approximate surface area is 159 Å². The first kappa shape index (κ1) is 17.5. The van der Waals surface area contributed by atoms with Crippen molar-refractivity contribution in [3.63, 3.8) is 0 Å². The molecule has 0 radical (unpaired) electrons. The van der Waals surface area contributed by atoms with Crippen LogP contribution >= 0.6 is 11.3 Å². The number of hydrogen-bond acceptors (Lipinski definition) is 5. The average Bonchev–Trinajstić information content (AvgIpc) is 3.26. The molecular weight excluding hydrogens is 364 g/mol. The molecule has 0 aliphatic carbocycles. The molecule has 4 rings (SSSR count). The minimum absolute atomic E-state index is 0.255. The number of benzene rings is 1. The van der Waals surface area contributed by atoms with Crippen LogP contribution in [-0.4, -0.2) is 29.2 Å². The molecule has 0 spiro atoms. The molecule has 3 aromatic rings. The molecule has 3 amide bonds. The number of thiophene rings is 1. The minimum Gasteiger partial charge on any atom is -0.458 e. The van der Waals surface area contributed by atoms with Gasteiger partial charge in [-0.1, -0.05) is 18.2 Å². The number of nitrogens with one attached hydrogen (secondary N) is 1. The van der Waals surface area contributed by atoms with Crippen LogP contribution in [0.1, 0.15) is 32.8 Å². The molecule has 1 atom stereocenters. The standard InChI is InChI=1S/C20H18N2O4S/c1-11-8-14(12(2)27-11)15(23)10-22-18(24)20(3,21-19(22)25)17-9-13-6-4-5-7-16(13)26-17/h4-9H,10H2,1-3H3,(H,21,25). The normalized spacial score (nSPS) is 19.7. The van der Waals surface area contributed by atoms with E-state index in [1.165, 1.54) is 11.3 Å². The maximum absolute atomic E-state index is 13.0. The van der Waals surface area contributed by atoms with E-state index in [0.29, 0.717) is 16.9 Å². The second-order valence-electron chi connectivity index (χ2n) is 6.85. The Morgan fingerprint density at radius 2 is 1.96 bits per heavy atom. The number of furan rings is 1. The number of carbonyl (C=O) groups excluding carboxylic acids is 3. The van der Waals surface area contributed by atoms with Gasteiger partial charge in [0.05, 0.1) is 6.54 Å². The Kier molecular flexibility index (Phi) is 3.92. The lowest BCUT2D eigenvalue weighted by Crippen LogP contribution is -2.41. The van der Waals surface area contributed by atoms with Gasteiger partial charge in [-0.15, -0.1) is 11.3 Å². The molecule has 1 saturated heterocycles. The number of imide groups is 1. The molecule has 1 unspecified atom stereocenters. The summed E-state index contributed by atoms with van der Waals surface area (Å²) in [6.45, 7) is 5.07. The van der Waals surface area contributed by atoms with E-state index < -0.39 is 17.5 Å². The number of rotatable bonds is 4. The highest BCUT2D eigenvalue weighted by molar-refractivity contribution is 7.12. The Morgan fingerprint density at radius 3 is 2.63 bits per heavy atom. The summed E-state index contributed by atoms with van der Waals surface area (Å²) in [6.07, 6.45) is 0. The van der Waals surface area contributed by atoms with E-state index in [-0.39, 0.29) is 12.3 Å². The molecule has 1 N–H and O–H groups in total. The molecule has 7 heteroatoms. The molecule has 6 nitrogen and oxygen atoms in total. The zero-order chi connectivity index (χ0) is 19.3. The van der Waals surface area contributed by atoms with Crippen molar-refractivity contribution in [2.45, 2.75) is 26.3 Å². The SMILES string of the molecule is Cc1cc(C(=O)CN2C(=O)NC(C)(c3cc4ccccc4o3)C2=O)c(C)s1. The summed E-state index contributed by atoms with van der Waals surface area (Å²) < 4.78 is 5.79. The number of Topliss-reactive ketones (excluding diaryl/α,β-unsaturated/α-hetero) is 1. The monoisotopic (exact) mass is 382 g/mol. The average molecular weight is 382 g/mol. The van der Waals surface area contributed by atoms with Crippen molar-refractivity contribution in [2.24, 2.45) is 0 Å². The zero-order valence-corrected chi connectivity index (χ0v) is 16.0. The zero-order valence-electron chi connectivity index (χ0n) is 15.2. The molecule has 1 fully saturated rings. The lowest BCUT2D eigenvalue weighted by molar-refractivity contribution is -0.131. The number of fused-ring (bicyclic) bond motifs is 1. The Morgan fingerprint density at radius 1 is 1.22 bits per heavy atom. The first-order valence-corrected chi connectivity index (χ1v) is 9.34. The number of amides is 3. The van der Waals surface area contributed by atoms with Crippen LogP contribution in [0.2, 0.25) is 0 Å². The van der Waals surface area contributed by atoms with Gasteiger partial charge in [0.25, 0.3) is 5.91 Å². The highest BCUT2D eigenvalue weighted by Gasteiger charge is 2.51. The summed E-state index contributed by atoms with van der Waals surface area (Å²) in [6, 6.07) is 10.3. The Balaban J connectivity index is 1.63. The fraction of sp³-hybridized carbons (Fsp3) is 0.250. The molecule has 1 aromatic carbocycles. The van der Waals surface area contributed by atoms with Crippen LogP contribution in [0.3, 0.4) is 0 Å². The lowest BCUT2D eigenvalue weighted by atomic mass is 9.98. The largest absolute Gasteiger partial charge is 0.458 e. The van der Waals surface area contributed by atoms with Crippen LogP contribution < -0.4 is 5.32 Å². The molecule has 1 aliphatic heterocycles. The fourth-order valence-corrected chi connectivity index (χ4v) is 4.31. The van der Waals surface area contributed by atoms with Crippen molar-refractivity contribution in [1.29, 1.82) is 0 Å². The van der Waals surface area contributed by atoms with Crippen LogP contribution in [0, 0.1) is 13.8 Å². The summed E-state index contributed by atoms with van der Waals surface area (Å²) in [5.74, 6) is -0.404. The second kappa shape index (κ2) is 6.06. The minimum atomic E-state index is -1.34. The van der Waals surface area contributed by atoms with Gasteiger partial charge >= 0.3 is 6.03 Å². The third-order valence-electron chi connectivity index (χ3n) is 4.84. The summed E-state index contributed by atoms with van der Waals surface area (Å²) in [5.41, 5.74) is -0.152. The first-order valence-electron chi connectivity index (χ1n) is 8.53. The number of nitrogens with zero attached hydrogens (tertiary/aromatic N) is 1. The van der Waals surface area contributed by atoms with Crippen LogP contribution in [0.15, 0.2) is 40.8 Å². The van der Waals surface area contributed by atoms with E-state index in [1.54, 1.807) is 25.1 Å². The summed E-state index contributed by atoms with van der Waals surface area (Å²) in [7, 11) is 0. The number of ketones is 1. The van der Waals surface area contributed by atoms with Gasteiger partial charge in [-0.05, 0) is 39.0 Å². The molecule has 3 heterocycles. The fourth-order valence-electron chi connectivity index (χ4n) is 3.37. The molecule has 2 aromatic heterocycles. The Bertz CT molecular complexity index is 1060. The number of carbonyl (C=O) groups is 3. The van der Waals surface area contributed by atoms with Gasteiger partial charge in [0.2, 0.25) is 0 Å². The maximum Gasteiger partial charge on any atom is 0.325 e. The second-order valence-corrected chi connectivity index (χ2v) is 8.31. The highest BCUT2D eigenvalue weighted by Crippen LogP contribution is 2.33. The quantitative estimate of drug-likeness (QED) is 0.550. The van der Waals surface area contributed by atoms with Gasteiger partial charge in [0, 0.05) is 20.7 Å². The van der Waals surface area contributed by atoms with E-state index in [9.17, 15) is 14.4 Å². The van der Waals surface area contributed by atoms with Crippen LogP contribution in [0.4, 0.5) is 4.79 Å². The number of para-hydroxylation sites is 1. The molecule has 27 heavy (non-hydrogen) atoms. The van der Waals surface area contributed by atoms with E-state index in [1.807, 2.05) is 32.0 Å². The van der Waals surface area contributed by atoms with Crippen molar-refractivity contribution >= 4 is 40.0 Å². The topological polar surface area (TPSA) is 79.6 Å². The number of urea groups is 1. The molecule has 0 bridgehead atoms. The van der Waals surface area contributed by atoms with Gasteiger partial charge in [-0.25, -0.2) is 4.79 Å².